The van der Waals surface area contributed by atoms with Gasteiger partial charge in [-0.2, -0.15) is 0 Å². The summed E-state index contributed by atoms with van der Waals surface area (Å²) in [7, 11) is 0. The highest BCUT2D eigenvalue weighted by atomic mass is 16.5. The van der Waals surface area contributed by atoms with E-state index in [1.165, 1.54) is 12.1 Å². The molecule has 0 aliphatic rings. The number of ether oxygens (including phenoxy) is 1. The molecular formula is C9H12O5. The number of hydrogen-bond acceptors (Lipinski definition) is 5. The summed E-state index contributed by atoms with van der Waals surface area (Å²) in [6.07, 6.45) is -0.983. The van der Waals surface area contributed by atoms with Gasteiger partial charge >= 0.3 is 0 Å². The number of benzene rings is 1. The number of aliphatic hydroxyl groups excluding tert-OH is 2. The van der Waals surface area contributed by atoms with Gasteiger partial charge in [-0.25, -0.2) is 0 Å². The Bertz CT molecular complexity index is 299. The number of phenolic OH excluding ortho intramolecular Hbond substituents is 2. The van der Waals surface area contributed by atoms with Crippen molar-refractivity contribution in [3.05, 3.63) is 18.2 Å². The molecule has 0 saturated heterocycles. The van der Waals surface area contributed by atoms with Crippen molar-refractivity contribution in [2.45, 2.75) is 6.10 Å². The van der Waals surface area contributed by atoms with Crippen molar-refractivity contribution < 1.29 is 25.2 Å². The molecule has 0 aromatic heterocycles. The van der Waals surface area contributed by atoms with Crippen molar-refractivity contribution in [3.8, 4) is 17.2 Å². The lowest BCUT2D eigenvalue weighted by Gasteiger charge is -2.10. The quantitative estimate of drug-likeness (QED) is 0.541. The van der Waals surface area contributed by atoms with Gasteiger partial charge in [0, 0.05) is 6.07 Å². The van der Waals surface area contributed by atoms with E-state index in [2.05, 4.69) is 0 Å². The number of aliphatic hydroxyl groups is 2. The summed E-state index contributed by atoms with van der Waals surface area (Å²) in [5.74, 6) is -0.136. The van der Waals surface area contributed by atoms with Crippen LogP contribution in [0.25, 0.3) is 0 Å². The minimum absolute atomic E-state index is 0.0717. The first kappa shape index (κ1) is 10.6. The topological polar surface area (TPSA) is 90.2 Å². The van der Waals surface area contributed by atoms with Gasteiger partial charge in [-0.3, -0.25) is 0 Å². The molecule has 0 fully saturated rings. The molecule has 78 valence electrons. The van der Waals surface area contributed by atoms with Gasteiger partial charge in [-0.1, -0.05) is 0 Å². The van der Waals surface area contributed by atoms with Crippen molar-refractivity contribution in [1.29, 1.82) is 0 Å². The number of hydrogen-bond donors (Lipinski definition) is 4. The molecule has 5 heteroatoms. The van der Waals surface area contributed by atoms with Crippen LogP contribution < -0.4 is 4.74 Å². The largest absolute Gasteiger partial charge is 0.508 e. The molecule has 0 heterocycles. The average Bonchev–Trinajstić information content (AvgIpc) is 2.16. The van der Waals surface area contributed by atoms with Crippen LogP contribution in [-0.4, -0.2) is 39.7 Å². The monoisotopic (exact) mass is 200 g/mol. The lowest BCUT2D eigenvalue weighted by atomic mass is 10.3. The van der Waals surface area contributed by atoms with Crippen LogP contribution in [0.5, 0.6) is 17.2 Å². The lowest BCUT2D eigenvalue weighted by Crippen LogP contribution is -2.21. The third-order valence-electron chi connectivity index (χ3n) is 1.58. The second-order valence-electron chi connectivity index (χ2n) is 2.80. The molecule has 14 heavy (non-hydrogen) atoms. The molecule has 1 rings (SSSR count). The SMILES string of the molecule is OCC(O)COc1ccc(O)cc1O. The molecule has 1 unspecified atom stereocenters. The van der Waals surface area contributed by atoms with Crippen LogP contribution in [0, 0.1) is 0 Å². The molecule has 0 spiro atoms. The van der Waals surface area contributed by atoms with E-state index in [9.17, 15) is 5.11 Å². The normalized spacial score (nSPS) is 12.4. The molecule has 5 nitrogen and oxygen atoms in total. The highest BCUT2D eigenvalue weighted by Crippen LogP contribution is 2.29. The van der Waals surface area contributed by atoms with Gasteiger partial charge in [0.15, 0.2) is 11.5 Å². The fourth-order valence-electron chi connectivity index (χ4n) is 0.866. The first-order valence-electron chi connectivity index (χ1n) is 4.07. The van der Waals surface area contributed by atoms with E-state index in [4.69, 9.17) is 20.1 Å². The smallest absolute Gasteiger partial charge is 0.161 e. The third kappa shape index (κ3) is 2.79. The fourth-order valence-corrected chi connectivity index (χ4v) is 0.866. The van der Waals surface area contributed by atoms with Gasteiger partial charge in [0.05, 0.1) is 6.61 Å². The molecule has 1 aromatic rings. The summed E-state index contributed by atoms with van der Waals surface area (Å²) < 4.78 is 4.97. The standard InChI is InChI=1S/C9H12O5/c10-4-7(12)5-14-9-2-1-6(11)3-8(9)13/h1-3,7,10-13H,4-5H2. The Morgan fingerprint density at radius 1 is 1.29 bits per heavy atom. The van der Waals surface area contributed by atoms with E-state index in [1.807, 2.05) is 0 Å². The van der Waals surface area contributed by atoms with E-state index in [0.29, 0.717) is 0 Å². The van der Waals surface area contributed by atoms with Crippen LogP contribution in [0.3, 0.4) is 0 Å². The molecule has 4 N–H and O–H groups in total. The highest BCUT2D eigenvalue weighted by Gasteiger charge is 2.06. The minimum Gasteiger partial charge on any atom is -0.508 e. The molecule has 0 radical (unpaired) electrons. The molecule has 0 aliphatic heterocycles. The Morgan fingerprint density at radius 3 is 2.57 bits per heavy atom. The van der Waals surface area contributed by atoms with Gasteiger partial charge in [0.1, 0.15) is 18.5 Å². The Hall–Kier alpha value is -1.46. The van der Waals surface area contributed by atoms with E-state index in [0.717, 1.165) is 6.07 Å². The van der Waals surface area contributed by atoms with Crippen molar-refractivity contribution in [3.63, 3.8) is 0 Å². The van der Waals surface area contributed by atoms with E-state index >= 15 is 0 Å². The zero-order valence-electron chi connectivity index (χ0n) is 7.42. The molecule has 0 aliphatic carbocycles. The van der Waals surface area contributed by atoms with Crippen LogP contribution in [0.15, 0.2) is 18.2 Å². The Labute approximate surface area is 80.8 Å². The van der Waals surface area contributed by atoms with Gasteiger partial charge < -0.3 is 25.2 Å². The molecule has 0 amide bonds. The molecule has 1 aromatic carbocycles. The van der Waals surface area contributed by atoms with Gasteiger partial charge in [0.2, 0.25) is 0 Å². The second kappa shape index (κ2) is 4.69. The van der Waals surface area contributed by atoms with Gasteiger partial charge in [-0.15, -0.1) is 0 Å². The zero-order valence-corrected chi connectivity index (χ0v) is 7.42. The summed E-state index contributed by atoms with van der Waals surface area (Å²) in [6, 6.07) is 3.84. The fraction of sp³-hybridized carbons (Fsp3) is 0.333. The Balaban J connectivity index is 2.59. The average molecular weight is 200 g/mol. The summed E-state index contributed by atoms with van der Waals surface area (Å²) >= 11 is 0. The van der Waals surface area contributed by atoms with Crippen LogP contribution in [0.1, 0.15) is 0 Å². The minimum atomic E-state index is -0.983. The maximum Gasteiger partial charge on any atom is 0.161 e. The summed E-state index contributed by atoms with van der Waals surface area (Å²) in [5.41, 5.74) is 0. The lowest BCUT2D eigenvalue weighted by molar-refractivity contribution is 0.0527. The van der Waals surface area contributed by atoms with Crippen LogP contribution >= 0.6 is 0 Å². The maximum absolute atomic E-state index is 9.25. The van der Waals surface area contributed by atoms with Gasteiger partial charge in [-0.05, 0) is 12.1 Å². The van der Waals surface area contributed by atoms with Crippen molar-refractivity contribution >= 4 is 0 Å². The first-order valence-corrected chi connectivity index (χ1v) is 4.07. The van der Waals surface area contributed by atoms with Crippen molar-refractivity contribution in [2.24, 2.45) is 0 Å². The van der Waals surface area contributed by atoms with E-state index in [-0.39, 0.29) is 23.9 Å². The predicted molar refractivity (Wildman–Crippen MR) is 48.4 cm³/mol. The summed E-state index contributed by atoms with van der Waals surface area (Å²) in [4.78, 5) is 0. The summed E-state index contributed by atoms with van der Waals surface area (Å²) in [5, 5.41) is 35.7. The zero-order chi connectivity index (χ0) is 10.6. The van der Waals surface area contributed by atoms with Crippen LogP contribution in [0.2, 0.25) is 0 Å². The molecule has 0 bridgehead atoms. The van der Waals surface area contributed by atoms with E-state index in [1.54, 1.807) is 0 Å². The second-order valence-corrected chi connectivity index (χ2v) is 2.80. The predicted octanol–water partition coefficient (Wildman–Crippen LogP) is -0.170. The Kier molecular flexibility index (Phi) is 3.55. The Morgan fingerprint density at radius 2 is 2.00 bits per heavy atom. The molecule has 0 saturated carbocycles. The number of aromatic hydroxyl groups is 2. The molecular weight excluding hydrogens is 188 g/mol. The highest BCUT2D eigenvalue weighted by molar-refractivity contribution is 5.43. The summed E-state index contributed by atoms with van der Waals surface area (Å²) in [6.45, 7) is -0.520. The number of rotatable bonds is 4. The maximum atomic E-state index is 9.25. The van der Waals surface area contributed by atoms with Crippen molar-refractivity contribution in [2.75, 3.05) is 13.2 Å². The first-order chi connectivity index (χ1) is 6.63. The van der Waals surface area contributed by atoms with Crippen molar-refractivity contribution in [1.82, 2.24) is 0 Å². The van der Waals surface area contributed by atoms with Crippen LogP contribution in [0.4, 0.5) is 0 Å². The molecule has 1 atom stereocenters. The van der Waals surface area contributed by atoms with E-state index < -0.39 is 12.7 Å². The van der Waals surface area contributed by atoms with Gasteiger partial charge in [0.25, 0.3) is 0 Å². The van der Waals surface area contributed by atoms with Crippen LogP contribution in [-0.2, 0) is 0 Å². The number of phenols is 2. The third-order valence-corrected chi connectivity index (χ3v) is 1.58.